The fourth-order valence-electron chi connectivity index (χ4n) is 3.17. The second kappa shape index (κ2) is 6.00. The fourth-order valence-corrected chi connectivity index (χ4v) is 3.17. The van der Waals surface area contributed by atoms with Crippen molar-refractivity contribution in [3.05, 3.63) is 71.8 Å². The minimum Gasteiger partial charge on any atom is -0.478 e. The summed E-state index contributed by atoms with van der Waals surface area (Å²) < 4.78 is 8.12. The van der Waals surface area contributed by atoms with Crippen LogP contribution < -0.4 is 9.64 Å². The molecule has 5 nitrogen and oxygen atoms in total. The molecule has 0 N–H and O–H groups in total. The van der Waals surface area contributed by atoms with E-state index < -0.39 is 0 Å². The van der Waals surface area contributed by atoms with E-state index in [1.165, 1.54) is 11.1 Å². The minimum absolute atomic E-state index is 0.128. The summed E-state index contributed by atoms with van der Waals surface area (Å²) in [6.45, 7) is 3.55. The molecule has 0 unspecified atom stereocenters. The predicted octanol–water partition coefficient (Wildman–Crippen LogP) is 3.20. The number of para-hydroxylation sites is 2. The fraction of sp³-hybridized carbons (Fsp3) is 0.263. The second-order valence-corrected chi connectivity index (χ2v) is 6.22. The minimum atomic E-state index is -0.128. The van der Waals surface area contributed by atoms with Gasteiger partial charge >= 0.3 is 0 Å². The second-order valence-electron chi connectivity index (χ2n) is 6.22. The van der Waals surface area contributed by atoms with Gasteiger partial charge in [-0.1, -0.05) is 42.0 Å². The van der Waals surface area contributed by atoms with E-state index in [9.17, 15) is 0 Å². The standard InChI is InChI=1S/C19H20N4O/c1-14-6-5-7-15(10-14)11-23-19(20-13-21-23)18-12-22(2)16-8-3-4-9-17(16)24-18/h3-10,13,18H,11-12H2,1-2H3/t18-/m1/s1. The van der Waals surface area contributed by atoms with Crippen molar-refractivity contribution >= 4 is 5.69 Å². The molecule has 0 fully saturated rings. The Hall–Kier alpha value is -2.82. The molecule has 5 heteroatoms. The molecule has 0 saturated carbocycles. The molecule has 1 atom stereocenters. The third kappa shape index (κ3) is 2.73. The van der Waals surface area contributed by atoms with Crippen LogP contribution in [0.1, 0.15) is 23.1 Å². The van der Waals surface area contributed by atoms with Crippen molar-refractivity contribution in [1.82, 2.24) is 14.8 Å². The number of anilines is 1. The first-order valence-corrected chi connectivity index (χ1v) is 8.11. The summed E-state index contributed by atoms with van der Waals surface area (Å²) in [5.41, 5.74) is 3.57. The molecule has 122 valence electrons. The van der Waals surface area contributed by atoms with Crippen molar-refractivity contribution in [2.45, 2.75) is 19.6 Å². The van der Waals surface area contributed by atoms with Crippen LogP contribution in [0, 0.1) is 6.92 Å². The lowest BCUT2D eigenvalue weighted by Crippen LogP contribution is -2.33. The van der Waals surface area contributed by atoms with Crippen LogP contribution in [-0.4, -0.2) is 28.4 Å². The van der Waals surface area contributed by atoms with Crippen LogP contribution in [0.25, 0.3) is 0 Å². The quantitative estimate of drug-likeness (QED) is 0.743. The molecule has 0 radical (unpaired) electrons. The Morgan fingerprint density at radius 3 is 2.92 bits per heavy atom. The van der Waals surface area contributed by atoms with Crippen molar-refractivity contribution < 1.29 is 4.74 Å². The number of fused-ring (bicyclic) bond motifs is 1. The van der Waals surface area contributed by atoms with Crippen LogP contribution in [0.3, 0.4) is 0 Å². The highest BCUT2D eigenvalue weighted by atomic mass is 16.5. The van der Waals surface area contributed by atoms with E-state index in [2.05, 4.69) is 59.3 Å². The monoisotopic (exact) mass is 320 g/mol. The van der Waals surface area contributed by atoms with Crippen LogP contribution in [0.2, 0.25) is 0 Å². The highest BCUT2D eigenvalue weighted by molar-refractivity contribution is 5.59. The van der Waals surface area contributed by atoms with Gasteiger partial charge in [-0.25, -0.2) is 9.67 Å². The molecular weight excluding hydrogens is 300 g/mol. The van der Waals surface area contributed by atoms with Gasteiger partial charge in [0.05, 0.1) is 18.8 Å². The average Bonchev–Trinajstić information content (AvgIpc) is 3.03. The van der Waals surface area contributed by atoms with Gasteiger partial charge in [0, 0.05) is 7.05 Å². The number of hydrogen-bond acceptors (Lipinski definition) is 4. The number of aromatic nitrogens is 3. The summed E-state index contributed by atoms with van der Waals surface area (Å²) in [5, 5.41) is 4.40. The first kappa shape index (κ1) is 14.8. The summed E-state index contributed by atoms with van der Waals surface area (Å²) >= 11 is 0. The van der Waals surface area contributed by atoms with E-state index in [0.717, 1.165) is 23.8 Å². The normalized spacial score (nSPS) is 16.6. The highest BCUT2D eigenvalue weighted by Gasteiger charge is 2.28. The largest absolute Gasteiger partial charge is 0.478 e. The smallest absolute Gasteiger partial charge is 0.175 e. The Labute approximate surface area is 141 Å². The van der Waals surface area contributed by atoms with Gasteiger partial charge in [0.25, 0.3) is 0 Å². The SMILES string of the molecule is Cc1cccc(Cn2ncnc2[C@H]2CN(C)c3ccccc3O2)c1. The van der Waals surface area contributed by atoms with Crippen molar-refractivity contribution in [1.29, 1.82) is 0 Å². The van der Waals surface area contributed by atoms with Crippen LogP contribution >= 0.6 is 0 Å². The van der Waals surface area contributed by atoms with E-state index >= 15 is 0 Å². The van der Waals surface area contributed by atoms with Gasteiger partial charge in [-0.15, -0.1) is 0 Å². The number of nitrogens with zero attached hydrogens (tertiary/aromatic N) is 4. The lowest BCUT2D eigenvalue weighted by Gasteiger charge is -2.33. The number of ether oxygens (including phenoxy) is 1. The van der Waals surface area contributed by atoms with Gasteiger partial charge in [0.1, 0.15) is 12.1 Å². The summed E-state index contributed by atoms with van der Waals surface area (Å²) in [4.78, 5) is 6.67. The molecule has 0 saturated heterocycles. The molecule has 0 amide bonds. The third-order valence-electron chi connectivity index (χ3n) is 4.33. The molecule has 4 rings (SSSR count). The number of rotatable bonds is 3. The molecule has 0 aliphatic carbocycles. The molecule has 1 aliphatic rings. The topological polar surface area (TPSA) is 43.2 Å². The molecule has 24 heavy (non-hydrogen) atoms. The Balaban J connectivity index is 1.61. The van der Waals surface area contributed by atoms with Crippen molar-refractivity contribution in [2.75, 3.05) is 18.5 Å². The van der Waals surface area contributed by atoms with Gasteiger partial charge in [0.2, 0.25) is 0 Å². The maximum atomic E-state index is 6.18. The lowest BCUT2D eigenvalue weighted by atomic mass is 10.1. The van der Waals surface area contributed by atoms with Crippen LogP contribution in [0.15, 0.2) is 54.9 Å². The van der Waals surface area contributed by atoms with E-state index in [1.807, 2.05) is 22.9 Å². The highest BCUT2D eigenvalue weighted by Crippen LogP contribution is 2.36. The molecule has 2 aromatic carbocycles. The van der Waals surface area contributed by atoms with Gasteiger partial charge in [-0.05, 0) is 24.6 Å². The maximum absolute atomic E-state index is 6.18. The number of benzene rings is 2. The van der Waals surface area contributed by atoms with Crippen molar-refractivity contribution in [2.24, 2.45) is 0 Å². The summed E-state index contributed by atoms with van der Waals surface area (Å²) in [6, 6.07) is 16.6. The molecule has 2 heterocycles. The van der Waals surface area contributed by atoms with Gasteiger partial charge < -0.3 is 9.64 Å². The third-order valence-corrected chi connectivity index (χ3v) is 4.33. The van der Waals surface area contributed by atoms with E-state index in [0.29, 0.717) is 6.54 Å². The van der Waals surface area contributed by atoms with E-state index in [-0.39, 0.29) is 6.10 Å². The van der Waals surface area contributed by atoms with Gasteiger partial charge in [0.15, 0.2) is 11.9 Å². The first-order chi connectivity index (χ1) is 11.7. The molecule has 3 aromatic rings. The molecular formula is C19H20N4O. The zero-order valence-corrected chi connectivity index (χ0v) is 13.9. The number of likely N-dealkylation sites (N-methyl/N-ethyl adjacent to an activating group) is 1. The molecule has 1 aromatic heterocycles. The average molecular weight is 320 g/mol. The first-order valence-electron chi connectivity index (χ1n) is 8.11. The van der Waals surface area contributed by atoms with Crippen LogP contribution in [-0.2, 0) is 6.54 Å². The predicted molar refractivity (Wildman–Crippen MR) is 93.4 cm³/mol. The maximum Gasteiger partial charge on any atom is 0.175 e. The number of hydrogen-bond donors (Lipinski definition) is 0. The van der Waals surface area contributed by atoms with Crippen molar-refractivity contribution in [3.63, 3.8) is 0 Å². The lowest BCUT2D eigenvalue weighted by molar-refractivity contribution is 0.184. The van der Waals surface area contributed by atoms with E-state index in [4.69, 9.17) is 4.74 Å². The molecule has 1 aliphatic heterocycles. The van der Waals surface area contributed by atoms with Crippen LogP contribution in [0.5, 0.6) is 5.75 Å². The Kier molecular flexibility index (Phi) is 3.69. The summed E-state index contributed by atoms with van der Waals surface area (Å²) in [6.07, 6.45) is 1.48. The molecule has 0 bridgehead atoms. The zero-order valence-electron chi connectivity index (χ0n) is 13.9. The van der Waals surface area contributed by atoms with Crippen LogP contribution in [0.4, 0.5) is 5.69 Å². The Morgan fingerprint density at radius 2 is 2.04 bits per heavy atom. The van der Waals surface area contributed by atoms with Crippen molar-refractivity contribution in [3.8, 4) is 5.75 Å². The summed E-state index contributed by atoms with van der Waals surface area (Å²) in [5.74, 6) is 1.75. The van der Waals surface area contributed by atoms with Gasteiger partial charge in [-0.3, -0.25) is 0 Å². The summed E-state index contributed by atoms with van der Waals surface area (Å²) in [7, 11) is 2.08. The number of aryl methyl sites for hydroxylation is 1. The zero-order chi connectivity index (χ0) is 16.5. The Bertz CT molecular complexity index is 858. The Morgan fingerprint density at radius 1 is 1.17 bits per heavy atom. The molecule has 0 spiro atoms. The van der Waals surface area contributed by atoms with E-state index in [1.54, 1.807) is 6.33 Å². The van der Waals surface area contributed by atoms with Gasteiger partial charge in [-0.2, -0.15) is 5.10 Å².